The van der Waals surface area contributed by atoms with E-state index in [2.05, 4.69) is 9.97 Å². The number of rotatable bonds is 0. The van der Waals surface area contributed by atoms with Crippen molar-refractivity contribution in [2.45, 2.75) is 13.8 Å². The van der Waals surface area contributed by atoms with E-state index in [1.165, 1.54) is 0 Å². The predicted molar refractivity (Wildman–Crippen MR) is 38.8 cm³/mol. The normalized spacial score (nSPS) is 8.22. The summed E-state index contributed by atoms with van der Waals surface area (Å²) in [6.07, 6.45) is 3.39. The fourth-order valence-electron chi connectivity index (χ4n) is 0.477. The van der Waals surface area contributed by atoms with Crippen LogP contribution in [-0.2, 0) is 0 Å². The lowest BCUT2D eigenvalue weighted by Crippen LogP contribution is -1.87. The second kappa shape index (κ2) is 3.41. The Balaban J connectivity index is 0.000000640. The van der Waals surface area contributed by atoms with Crippen LogP contribution in [0.25, 0.3) is 0 Å². The smallest absolute Gasteiger partial charge is 0.0584 e. The lowest BCUT2D eigenvalue weighted by molar-refractivity contribution is 1.05. The fourth-order valence-corrected chi connectivity index (χ4v) is 0.477. The van der Waals surface area contributed by atoms with E-state index in [-0.39, 0.29) is 12.4 Å². The van der Waals surface area contributed by atoms with Gasteiger partial charge in [0.1, 0.15) is 0 Å². The molecule has 1 aromatic heterocycles. The zero-order chi connectivity index (χ0) is 5.98. The van der Waals surface area contributed by atoms with Crippen molar-refractivity contribution in [1.82, 2.24) is 9.97 Å². The van der Waals surface area contributed by atoms with Crippen LogP contribution in [0, 0.1) is 13.8 Å². The van der Waals surface area contributed by atoms with E-state index in [1.54, 1.807) is 12.4 Å². The van der Waals surface area contributed by atoms with Gasteiger partial charge in [-0.2, -0.15) is 0 Å². The SMILES string of the molecule is Cc1nccnc1C.Cl. The van der Waals surface area contributed by atoms with Gasteiger partial charge in [0.25, 0.3) is 0 Å². The molecule has 0 spiro atoms. The summed E-state index contributed by atoms with van der Waals surface area (Å²) in [6, 6.07) is 0. The number of aromatic nitrogens is 2. The standard InChI is InChI=1S/C6H8N2.ClH/c1-5-6(2)8-4-3-7-5;/h3-4H,1-2H3;1H. The first-order valence-corrected chi connectivity index (χ1v) is 2.55. The molecule has 0 aliphatic heterocycles. The van der Waals surface area contributed by atoms with E-state index in [4.69, 9.17) is 0 Å². The van der Waals surface area contributed by atoms with Gasteiger partial charge in [0, 0.05) is 12.4 Å². The van der Waals surface area contributed by atoms with Crippen LogP contribution < -0.4 is 0 Å². The monoisotopic (exact) mass is 144 g/mol. The summed E-state index contributed by atoms with van der Waals surface area (Å²) in [7, 11) is 0. The molecule has 0 radical (unpaired) electrons. The van der Waals surface area contributed by atoms with Gasteiger partial charge in [0.2, 0.25) is 0 Å². The van der Waals surface area contributed by atoms with Gasteiger partial charge in [-0.15, -0.1) is 12.4 Å². The number of halogens is 1. The van der Waals surface area contributed by atoms with Crippen molar-refractivity contribution in [3.05, 3.63) is 23.8 Å². The van der Waals surface area contributed by atoms with Gasteiger partial charge in [-0.05, 0) is 13.8 Å². The van der Waals surface area contributed by atoms with Crippen molar-refractivity contribution in [1.29, 1.82) is 0 Å². The lowest BCUT2D eigenvalue weighted by atomic mass is 10.4. The van der Waals surface area contributed by atoms with Gasteiger partial charge in [-0.25, -0.2) is 0 Å². The Bertz CT molecular complexity index is 167. The van der Waals surface area contributed by atoms with E-state index in [0.717, 1.165) is 11.4 Å². The summed E-state index contributed by atoms with van der Waals surface area (Å²) in [6.45, 7) is 3.89. The zero-order valence-electron chi connectivity index (χ0n) is 5.46. The van der Waals surface area contributed by atoms with Crippen molar-refractivity contribution >= 4 is 12.4 Å². The van der Waals surface area contributed by atoms with Crippen LogP contribution in [0.1, 0.15) is 11.4 Å². The molecule has 1 heterocycles. The molecule has 1 aromatic rings. The van der Waals surface area contributed by atoms with Crippen molar-refractivity contribution < 1.29 is 0 Å². The van der Waals surface area contributed by atoms with E-state index < -0.39 is 0 Å². The van der Waals surface area contributed by atoms with Gasteiger partial charge in [-0.3, -0.25) is 9.97 Å². The largest absolute Gasteiger partial charge is 0.258 e. The van der Waals surface area contributed by atoms with Crippen LogP contribution in [0.5, 0.6) is 0 Å². The molecule has 0 aliphatic rings. The van der Waals surface area contributed by atoms with E-state index >= 15 is 0 Å². The summed E-state index contributed by atoms with van der Waals surface area (Å²) in [5.41, 5.74) is 2.01. The lowest BCUT2D eigenvalue weighted by Gasteiger charge is -1.91. The zero-order valence-corrected chi connectivity index (χ0v) is 6.27. The minimum absolute atomic E-state index is 0. The predicted octanol–water partition coefficient (Wildman–Crippen LogP) is 1.52. The number of hydrogen-bond acceptors (Lipinski definition) is 2. The molecule has 2 nitrogen and oxygen atoms in total. The van der Waals surface area contributed by atoms with Gasteiger partial charge in [0.15, 0.2) is 0 Å². The summed E-state index contributed by atoms with van der Waals surface area (Å²) in [5, 5.41) is 0. The first-order valence-electron chi connectivity index (χ1n) is 2.55. The highest BCUT2D eigenvalue weighted by molar-refractivity contribution is 5.85. The number of aryl methyl sites for hydroxylation is 2. The van der Waals surface area contributed by atoms with Crippen molar-refractivity contribution in [2.75, 3.05) is 0 Å². The molecule has 50 valence electrons. The van der Waals surface area contributed by atoms with Crippen molar-refractivity contribution in [2.24, 2.45) is 0 Å². The Morgan fingerprint density at radius 2 is 1.33 bits per heavy atom. The molecule has 9 heavy (non-hydrogen) atoms. The van der Waals surface area contributed by atoms with Crippen molar-refractivity contribution in [3.8, 4) is 0 Å². The Labute approximate surface area is 60.8 Å². The molecule has 0 fully saturated rings. The van der Waals surface area contributed by atoms with Crippen molar-refractivity contribution in [3.63, 3.8) is 0 Å². The second-order valence-electron chi connectivity index (χ2n) is 1.73. The number of hydrogen-bond donors (Lipinski definition) is 0. The van der Waals surface area contributed by atoms with Crippen LogP contribution in [0.4, 0.5) is 0 Å². The third-order valence-electron chi connectivity index (χ3n) is 1.13. The molecule has 0 unspecified atom stereocenters. The maximum Gasteiger partial charge on any atom is 0.0584 e. The molecule has 3 heteroatoms. The molecular weight excluding hydrogens is 136 g/mol. The summed E-state index contributed by atoms with van der Waals surface area (Å²) >= 11 is 0. The average molecular weight is 145 g/mol. The maximum atomic E-state index is 4.02. The van der Waals surface area contributed by atoms with Gasteiger partial charge in [-0.1, -0.05) is 0 Å². The summed E-state index contributed by atoms with van der Waals surface area (Å²) in [5.74, 6) is 0. The van der Waals surface area contributed by atoms with Crippen LogP contribution in [-0.4, -0.2) is 9.97 Å². The maximum absolute atomic E-state index is 4.02. The molecule has 0 saturated carbocycles. The van der Waals surface area contributed by atoms with E-state index in [9.17, 15) is 0 Å². The molecule has 0 bridgehead atoms. The second-order valence-corrected chi connectivity index (χ2v) is 1.73. The fraction of sp³-hybridized carbons (Fsp3) is 0.333. The molecule has 0 aliphatic carbocycles. The molecule has 1 rings (SSSR count). The highest BCUT2D eigenvalue weighted by Crippen LogP contribution is 1.93. The van der Waals surface area contributed by atoms with Crippen LogP contribution in [0.15, 0.2) is 12.4 Å². The topological polar surface area (TPSA) is 25.8 Å². The van der Waals surface area contributed by atoms with Crippen LogP contribution in [0.2, 0.25) is 0 Å². The number of nitrogens with zero attached hydrogens (tertiary/aromatic N) is 2. The van der Waals surface area contributed by atoms with Gasteiger partial charge in [0.05, 0.1) is 11.4 Å². The Hall–Kier alpha value is -0.630. The highest BCUT2D eigenvalue weighted by atomic mass is 35.5. The minimum Gasteiger partial charge on any atom is -0.258 e. The third kappa shape index (κ3) is 1.98. The Kier molecular flexibility index (Phi) is 3.17. The summed E-state index contributed by atoms with van der Waals surface area (Å²) in [4.78, 5) is 8.03. The molecule has 0 saturated heterocycles. The van der Waals surface area contributed by atoms with Crippen LogP contribution in [0.3, 0.4) is 0 Å². The summed E-state index contributed by atoms with van der Waals surface area (Å²) < 4.78 is 0. The molecular formula is C6H9ClN2. The van der Waals surface area contributed by atoms with Gasteiger partial charge < -0.3 is 0 Å². The highest BCUT2D eigenvalue weighted by Gasteiger charge is 1.87. The molecule has 0 aromatic carbocycles. The van der Waals surface area contributed by atoms with E-state index in [0.29, 0.717) is 0 Å². The average Bonchev–Trinajstić information content (AvgIpc) is 1.77. The van der Waals surface area contributed by atoms with Crippen LogP contribution >= 0.6 is 12.4 Å². The molecule has 0 amide bonds. The first-order chi connectivity index (χ1) is 3.80. The molecule has 0 atom stereocenters. The minimum atomic E-state index is 0. The van der Waals surface area contributed by atoms with E-state index in [1.807, 2.05) is 13.8 Å². The molecule has 0 N–H and O–H groups in total. The van der Waals surface area contributed by atoms with Gasteiger partial charge >= 0.3 is 0 Å². The Morgan fingerprint density at radius 3 is 1.56 bits per heavy atom. The quantitative estimate of drug-likeness (QED) is 0.552. The first kappa shape index (κ1) is 8.37. The Morgan fingerprint density at radius 1 is 1.00 bits per heavy atom. The third-order valence-corrected chi connectivity index (χ3v) is 1.13.